The molecule has 10 nitrogen and oxygen atoms in total. The normalized spacial score (nSPS) is 24.6. The molecule has 13 heteroatoms. The highest BCUT2D eigenvalue weighted by Gasteiger charge is 2.53. The van der Waals surface area contributed by atoms with E-state index in [-0.39, 0.29) is 6.61 Å². The first kappa shape index (κ1) is 28.1. The Bertz CT molecular complexity index is 878. The zero-order chi connectivity index (χ0) is 25.5. The average molecular weight is 541 g/mol. The van der Waals surface area contributed by atoms with Crippen LogP contribution in [0.3, 0.4) is 0 Å². The first-order valence-corrected chi connectivity index (χ1v) is 11.1. The van der Waals surface area contributed by atoms with Gasteiger partial charge >= 0.3 is 17.9 Å². The molecule has 1 N–H and O–H groups in total. The third-order valence-corrected chi connectivity index (χ3v) is 4.94. The molecule has 2 rings (SSSR count). The van der Waals surface area contributed by atoms with Crippen LogP contribution >= 0.6 is 34.8 Å². The standard InChI is InChI=1S/C21H24Cl3NO9/c1-11(26)29-10-15-16(31-12(2)27)17(32-13(3)28)18(30-9-14-7-5-4-6-8-14)19(33-15)34-20(25)21(22,23)24/h4-8,15-19,25H,9-10H2,1-3H3/t15-,16-,17+,18-,19+/m1/s1. The quantitative estimate of drug-likeness (QED) is 0.174. The molecular formula is C21H24Cl3NO9. The molecule has 0 bridgehead atoms. The van der Waals surface area contributed by atoms with E-state index in [1.807, 2.05) is 6.07 Å². The van der Waals surface area contributed by atoms with Crippen molar-refractivity contribution in [2.24, 2.45) is 0 Å². The lowest BCUT2D eigenvalue weighted by atomic mass is 9.98. The third-order valence-electron chi connectivity index (χ3n) is 4.42. The predicted molar refractivity (Wildman–Crippen MR) is 121 cm³/mol. The topological polar surface area (TPSA) is 130 Å². The van der Waals surface area contributed by atoms with Gasteiger partial charge in [0, 0.05) is 20.8 Å². The first-order valence-electron chi connectivity index (χ1n) is 9.99. The number of hydrogen-bond acceptors (Lipinski definition) is 10. The summed E-state index contributed by atoms with van der Waals surface area (Å²) >= 11 is 17.2. The number of carbonyl (C=O) groups excluding carboxylic acids is 3. The first-order chi connectivity index (χ1) is 15.9. The lowest BCUT2D eigenvalue weighted by Crippen LogP contribution is -2.63. The van der Waals surface area contributed by atoms with Crippen LogP contribution in [0.4, 0.5) is 0 Å². The van der Waals surface area contributed by atoms with Crippen LogP contribution in [-0.2, 0) is 49.4 Å². The van der Waals surface area contributed by atoms with Gasteiger partial charge in [-0.2, -0.15) is 0 Å². The van der Waals surface area contributed by atoms with Crippen LogP contribution in [-0.4, -0.2) is 64.9 Å². The molecule has 188 valence electrons. The van der Waals surface area contributed by atoms with Crippen LogP contribution in [0.1, 0.15) is 26.3 Å². The van der Waals surface area contributed by atoms with E-state index in [4.69, 9.17) is 68.6 Å². The third kappa shape index (κ3) is 8.59. The molecule has 0 saturated carbocycles. The van der Waals surface area contributed by atoms with Crippen molar-refractivity contribution in [2.45, 2.75) is 61.9 Å². The van der Waals surface area contributed by atoms with Gasteiger partial charge in [0.05, 0.1) is 6.61 Å². The van der Waals surface area contributed by atoms with E-state index in [2.05, 4.69) is 0 Å². The van der Waals surface area contributed by atoms with Gasteiger partial charge in [0.25, 0.3) is 3.79 Å². The molecule has 1 heterocycles. The highest BCUT2D eigenvalue weighted by Crippen LogP contribution is 2.34. The summed E-state index contributed by atoms with van der Waals surface area (Å²) < 4.78 is 30.7. The number of alkyl halides is 3. The summed E-state index contributed by atoms with van der Waals surface area (Å²) in [6.45, 7) is 3.08. The molecule has 1 aromatic rings. The molecule has 0 radical (unpaired) electrons. The molecule has 1 aliphatic heterocycles. The van der Waals surface area contributed by atoms with Gasteiger partial charge in [-0.25, -0.2) is 0 Å². The van der Waals surface area contributed by atoms with E-state index in [0.717, 1.165) is 19.4 Å². The minimum atomic E-state index is -2.23. The van der Waals surface area contributed by atoms with Crippen molar-refractivity contribution >= 4 is 58.6 Å². The molecule has 0 unspecified atom stereocenters. The van der Waals surface area contributed by atoms with Crippen molar-refractivity contribution in [3.63, 3.8) is 0 Å². The van der Waals surface area contributed by atoms with Gasteiger partial charge in [-0.3, -0.25) is 19.8 Å². The molecule has 1 fully saturated rings. The molecular weight excluding hydrogens is 517 g/mol. The highest BCUT2D eigenvalue weighted by atomic mass is 35.6. The summed E-state index contributed by atoms with van der Waals surface area (Å²) in [6.07, 6.45) is -6.41. The van der Waals surface area contributed by atoms with Crippen molar-refractivity contribution in [3.05, 3.63) is 35.9 Å². The van der Waals surface area contributed by atoms with E-state index in [9.17, 15) is 14.4 Å². The Hall–Kier alpha value is -2.11. The van der Waals surface area contributed by atoms with Gasteiger partial charge in [0.1, 0.15) is 12.7 Å². The van der Waals surface area contributed by atoms with E-state index < -0.39 is 64.9 Å². The smallest absolute Gasteiger partial charge is 0.303 e. The Kier molecular flexibility index (Phi) is 10.4. The Morgan fingerprint density at radius 3 is 2.03 bits per heavy atom. The lowest BCUT2D eigenvalue weighted by molar-refractivity contribution is -0.299. The number of hydrogen-bond donors (Lipinski definition) is 1. The number of nitrogens with one attached hydrogen (secondary N) is 1. The van der Waals surface area contributed by atoms with Gasteiger partial charge in [-0.05, 0) is 5.56 Å². The molecule has 0 aliphatic carbocycles. The zero-order valence-electron chi connectivity index (χ0n) is 18.5. The highest BCUT2D eigenvalue weighted by molar-refractivity contribution is 6.76. The number of halogens is 3. The number of esters is 3. The summed E-state index contributed by atoms with van der Waals surface area (Å²) in [7, 11) is 0. The minimum absolute atomic E-state index is 0.00893. The van der Waals surface area contributed by atoms with Crippen molar-refractivity contribution < 1.29 is 42.8 Å². The van der Waals surface area contributed by atoms with Crippen LogP contribution in [0, 0.1) is 5.41 Å². The van der Waals surface area contributed by atoms with Gasteiger partial charge in [0.15, 0.2) is 18.3 Å². The van der Waals surface area contributed by atoms with Crippen LogP contribution < -0.4 is 0 Å². The lowest BCUT2D eigenvalue weighted by Gasteiger charge is -2.44. The van der Waals surface area contributed by atoms with Gasteiger partial charge < -0.3 is 28.4 Å². The van der Waals surface area contributed by atoms with Crippen molar-refractivity contribution in [1.82, 2.24) is 0 Å². The van der Waals surface area contributed by atoms with Crippen LogP contribution in [0.25, 0.3) is 0 Å². The second-order valence-electron chi connectivity index (χ2n) is 7.20. The number of rotatable bonds is 8. The van der Waals surface area contributed by atoms with Crippen LogP contribution in [0.15, 0.2) is 30.3 Å². The minimum Gasteiger partial charge on any atom is -0.463 e. The van der Waals surface area contributed by atoms with Crippen molar-refractivity contribution in [1.29, 1.82) is 5.41 Å². The number of carbonyl (C=O) groups is 3. The summed E-state index contributed by atoms with van der Waals surface area (Å²) in [5.41, 5.74) is 0.755. The Labute approximate surface area is 211 Å². The van der Waals surface area contributed by atoms with Crippen LogP contribution in [0.2, 0.25) is 0 Å². The molecule has 1 aliphatic rings. The SMILES string of the molecule is CC(=O)OC[C@H]1O[C@@H](OC(=N)C(Cl)(Cl)Cl)[C@H](OCc2ccccc2)[C@@H](OC(C)=O)[C@@H]1OC(C)=O. The maximum absolute atomic E-state index is 11.9. The van der Waals surface area contributed by atoms with Gasteiger partial charge in [-0.1, -0.05) is 65.1 Å². The maximum atomic E-state index is 11.9. The summed E-state index contributed by atoms with van der Waals surface area (Å²) in [4.78, 5) is 35.1. The van der Waals surface area contributed by atoms with Crippen molar-refractivity contribution in [3.8, 4) is 0 Å². The van der Waals surface area contributed by atoms with E-state index >= 15 is 0 Å². The largest absolute Gasteiger partial charge is 0.463 e. The van der Waals surface area contributed by atoms with E-state index in [1.54, 1.807) is 24.3 Å². The molecule has 5 atom stereocenters. The number of ether oxygens (including phenoxy) is 6. The second kappa shape index (κ2) is 12.6. The fraction of sp³-hybridized carbons (Fsp3) is 0.524. The zero-order valence-corrected chi connectivity index (χ0v) is 20.8. The second-order valence-corrected chi connectivity index (χ2v) is 9.48. The molecule has 0 spiro atoms. The molecule has 34 heavy (non-hydrogen) atoms. The Morgan fingerprint density at radius 2 is 1.50 bits per heavy atom. The monoisotopic (exact) mass is 539 g/mol. The van der Waals surface area contributed by atoms with Crippen molar-refractivity contribution in [2.75, 3.05) is 6.61 Å². The molecule has 0 amide bonds. The summed E-state index contributed by atoms with van der Waals surface area (Å²) in [6, 6.07) is 8.99. The van der Waals surface area contributed by atoms with E-state index in [0.29, 0.717) is 0 Å². The summed E-state index contributed by atoms with van der Waals surface area (Å²) in [5, 5.41) is 7.94. The Balaban J connectivity index is 2.43. The Morgan fingerprint density at radius 1 is 0.912 bits per heavy atom. The molecule has 1 saturated heterocycles. The maximum Gasteiger partial charge on any atom is 0.303 e. The summed E-state index contributed by atoms with van der Waals surface area (Å²) in [5.74, 6) is -2.87. The predicted octanol–water partition coefficient (Wildman–Crippen LogP) is 3.09. The molecule has 1 aromatic carbocycles. The van der Waals surface area contributed by atoms with Gasteiger partial charge in [0.2, 0.25) is 12.2 Å². The average Bonchev–Trinajstić information content (AvgIpc) is 2.73. The van der Waals surface area contributed by atoms with Gasteiger partial charge in [-0.15, -0.1) is 0 Å². The molecule has 0 aromatic heterocycles. The van der Waals surface area contributed by atoms with Crippen LogP contribution in [0.5, 0.6) is 0 Å². The van der Waals surface area contributed by atoms with E-state index in [1.165, 1.54) is 6.92 Å². The fourth-order valence-electron chi connectivity index (χ4n) is 3.09. The number of benzene rings is 1. The fourth-order valence-corrected chi connectivity index (χ4v) is 3.23.